The Morgan fingerprint density at radius 3 is 2.85 bits per heavy atom. The number of ether oxygens (including phenoxy) is 1. The maximum atomic E-state index is 12.2. The molecule has 144 valence electrons. The predicted molar refractivity (Wildman–Crippen MR) is 106 cm³/mol. The van der Waals surface area contributed by atoms with Gasteiger partial charge in [0.1, 0.15) is 5.75 Å². The van der Waals surface area contributed by atoms with E-state index in [0.717, 1.165) is 17.5 Å². The number of nitro groups is 1. The summed E-state index contributed by atoms with van der Waals surface area (Å²) in [4.78, 5) is 41.1. The Morgan fingerprint density at radius 1 is 1.41 bits per heavy atom. The van der Waals surface area contributed by atoms with Gasteiger partial charge in [0.25, 0.3) is 11.2 Å². The van der Waals surface area contributed by atoms with Crippen LogP contribution in [0.15, 0.2) is 34.2 Å². The van der Waals surface area contributed by atoms with Gasteiger partial charge in [-0.25, -0.2) is 4.98 Å². The van der Waals surface area contributed by atoms with Crippen LogP contribution in [0.1, 0.15) is 12.6 Å². The highest BCUT2D eigenvalue weighted by Gasteiger charge is 2.14. The van der Waals surface area contributed by atoms with Crippen molar-refractivity contribution >= 4 is 40.8 Å². The van der Waals surface area contributed by atoms with Gasteiger partial charge >= 0.3 is 0 Å². The maximum absolute atomic E-state index is 12.2. The maximum Gasteiger partial charge on any atom is 0.271 e. The van der Waals surface area contributed by atoms with Crippen LogP contribution in [0.4, 0.5) is 11.4 Å². The highest BCUT2D eigenvalue weighted by atomic mass is 32.2. The summed E-state index contributed by atoms with van der Waals surface area (Å²) in [7, 11) is 1.40. The zero-order valence-corrected chi connectivity index (χ0v) is 16.3. The van der Waals surface area contributed by atoms with Gasteiger partial charge in [0.15, 0.2) is 5.16 Å². The first-order valence-electron chi connectivity index (χ1n) is 7.86. The number of thioether (sulfide) groups is 2. The Bertz CT molecular complexity index is 887. The van der Waals surface area contributed by atoms with Crippen LogP contribution in [0, 0.1) is 10.1 Å². The number of nitro benzene ring substituents is 1. The van der Waals surface area contributed by atoms with Crippen molar-refractivity contribution < 1.29 is 14.5 Å². The fourth-order valence-electron chi connectivity index (χ4n) is 2.06. The van der Waals surface area contributed by atoms with E-state index in [4.69, 9.17) is 4.74 Å². The normalized spacial score (nSPS) is 10.4. The highest BCUT2D eigenvalue weighted by Crippen LogP contribution is 2.29. The predicted octanol–water partition coefficient (Wildman–Crippen LogP) is 2.67. The molecule has 2 aromatic rings. The molecule has 0 spiro atoms. The third-order valence-corrected chi connectivity index (χ3v) is 5.02. The summed E-state index contributed by atoms with van der Waals surface area (Å²) in [5, 5.41) is 13.8. The van der Waals surface area contributed by atoms with E-state index in [2.05, 4.69) is 15.3 Å². The first-order chi connectivity index (χ1) is 12.9. The van der Waals surface area contributed by atoms with Crippen molar-refractivity contribution in [3.05, 3.63) is 50.4 Å². The minimum absolute atomic E-state index is 0.0286. The van der Waals surface area contributed by atoms with Crippen LogP contribution in [0.5, 0.6) is 5.75 Å². The van der Waals surface area contributed by atoms with Crippen LogP contribution in [0.3, 0.4) is 0 Å². The Labute approximate surface area is 163 Å². The second-order valence-corrected chi connectivity index (χ2v) is 7.40. The van der Waals surface area contributed by atoms with E-state index in [1.54, 1.807) is 11.8 Å². The molecule has 2 rings (SSSR count). The average Bonchev–Trinajstić information content (AvgIpc) is 2.64. The zero-order chi connectivity index (χ0) is 19.8. The molecule has 2 N–H and O–H groups in total. The van der Waals surface area contributed by atoms with Crippen LogP contribution >= 0.6 is 23.5 Å². The molecule has 0 atom stereocenters. The number of aromatic nitrogens is 2. The summed E-state index contributed by atoms with van der Waals surface area (Å²) in [5.41, 5.74) is 0.409. The summed E-state index contributed by atoms with van der Waals surface area (Å²) in [6, 6.07) is 5.36. The topological polar surface area (TPSA) is 127 Å². The molecular formula is C16H18N4O5S2. The Kier molecular flexibility index (Phi) is 7.67. The summed E-state index contributed by atoms with van der Waals surface area (Å²) in [5.74, 6) is 1.40. The lowest BCUT2D eigenvalue weighted by Gasteiger charge is -2.10. The van der Waals surface area contributed by atoms with E-state index in [1.165, 1.54) is 31.4 Å². The minimum atomic E-state index is -0.557. The molecule has 1 amide bonds. The summed E-state index contributed by atoms with van der Waals surface area (Å²) >= 11 is 2.71. The van der Waals surface area contributed by atoms with Crippen molar-refractivity contribution in [3.63, 3.8) is 0 Å². The van der Waals surface area contributed by atoms with Crippen LogP contribution in [-0.4, -0.2) is 39.4 Å². The SMILES string of the molecule is CCSCc1cc(=O)[nH]c(SCC(=O)Nc2cc([N+](=O)[O-])ccc2OC)n1. The fraction of sp³-hybridized carbons (Fsp3) is 0.312. The quantitative estimate of drug-likeness (QED) is 0.279. The number of carbonyl (C=O) groups excluding carboxylic acids is 1. The lowest BCUT2D eigenvalue weighted by Crippen LogP contribution is -2.16. The zero-order valence-electron chi connectivity index (χ0n) is 14.7. The lowest BCUT2D eigenvalue weighted by atomic mass is 10.2. The number of hydrogen-bond acceptors (Lipinski definition) is 8. The Balaban J connectivity index is 2.04. The monoisotopic (exact) mass is 410 g/mol. The molecular weight excluding hydrogens is 392 g/mol. The molecule has 1 aromatic heterocycles. The average molecular weight is 410 g/mol. The van der Waals surface area contributed by atoms with E-state index >= 15 is 0 Å². The first kappa shape index (κ1) is 20.8. The Hall–Kier alpha value is -2.53. The number of benzene rings is 1. The van der Waals surface area contributed by atoms with Crippen molar-refractivity contribution in [1.29, 1.82) is 0 Å². The van der Waals surface area contributed by atoms with Crippen LogP contribution in [0.2, 0.25) is 0 Å². The molecule has 0 aliphatic carbocycles. The number of aromatic amines is 1. The van der Waals surface area contributed by atoms with Gasteiger partial charge in [0.05, 0.1) is 29.2 Å². The number of methoxy groups -OCH3 is 1. The van der Waals surface area contributed by atoms with E-state index in [9.17, 15) is 19.7 Å². The molecule has 27 heavy (non-hydrogen) atoms. The molecule has 0 aliphatic heterocycles. The minimum Gasteiger partial charge on any atom is -0.495 e. The third kappa shape index (κ3) is 6.29. The lowest BCUT2D eigenvalue weighted by molar-refractivity contribution is -0.384. The Morgan fingerprint density at radius 2 is 2.19 bits per heavy atom. The van der Waals surface area contributed by atoms with Gasteiger partial charge in [-0.2, -0.15) is 11.8 Å². The molecule has 0 unspecified atom stereocenters. The van der Waals surface area contributed by atoms with Crippen LogP contribution in [-0.2, 0) is 10.5 Å². The molecule has 0 aliphatic rings. The molecule has 1 heterocycles. The molecule has 0 radical (unpaired) electrons. The van der Waals surface area contributed by atoms with Crippen molar-refractivity contribution in [3.8, 4) is 5.75 Å². The van der Waals surface area contributed by atoms with E-state index in [0.29, 0.717) is 22.4 Å². The van der Waals surface area contributed by atoms with Gasteiger partial charge < -0.3 is 15.0 Å². The number of nitrogens with one attached hydrogen (secondary N) is 2. The highest BCUT2D eigenvalue weighted by molar-refractivity contribution is 7.99. The smallest absolute Gasteiger partial charge is 0.271 e. The summed E-state index contributed by atoms with van der Waals surface area (Å²) in [6.07, 6.45) is 0. The molecule has 1 aromatic carbocycles. The van der Waals surface area contributed by atoms with Gasteiger partial charge in [-0.05, 0) is 11.8 Å². The summed E-state index contributed by atoms with van der Waals surface area (Å²) < 4.78 is 5.11. The van der Waals surface area contributed by atoms with E-state index in [-0.39, 0.29) is 22.7 Å². The van der Waals surface area contributed by atoms with Crippen molar-refractivity contribution in [2.75, 3.05) is 23.9 Å². The molecule has 0 saturated heterocycles. The first-order valence-corrected chi connectivity index (χ1v) is 10.00. The second kappa shape index (κ2) is 9.97. The van der Waals surface area contributed by atoms with E-state index < -0.39 is 10.8 Å². The van der Waals surface area contributed by atoms with E-state index in [1.807, 2.05) is 6.92 Å². The number of hydrogen-bond donors (Lipinski definition) is 2. The second-order valence-electron chi connectivity index (χ2n) is 5.16. The third-order valence-electron chi connectivity index (χ3n) is 3.24. The van der Waals surface area contributed by atoms with Crippen molar-refractivity contribution in [1.82, 2.24) is 9.97 Å². The van der Waals surface area contributed by atoms with Crippen LogP contribution < -0.4 is 15.6 Å². The van der Waals surface area contributed by atoms with Crippen molar-refractivity contribution in [2.45, 2.75) is 17.8 Å². The van der Waals surface area contributed by atoms with Gasteiger partial charge in [-0.3, -0.25) is 19.7 Å². The number of nitrogens with zero attached hydrogens (tertiary/aromatic N) is 2. The largest absolute Gasteiger partial charge is 0.495 e. The number of carbonyl (C=O) groups is 1. The van der Waals surface area contributed by atoms with Crippen LogP contribution in [0.25, 0.3) is 0 Å². The molecule has 11 heteroatoms. The van der Waals surface area contributed by atoms with Crippen molar-refractivity contribution in [2.24, 2.45) is 0 Å². The number of anilines is 1. The number of H-pyrrole nitrogens is 1. The number of non-ortho nitro benzene ring substituents is 1. The number of amides is 1. The van der Waals surface area contributed by atoms with Gasteiger partial charge in [-0.15, -0.1) is 0 Å². The number of rotatable bonds is 9. The van der Waals surface area contributed by atoms with Gasteiger partial charge in [0.2, 0.25) is 5.91 Å². The molecule has 0 bridgehead atoms. The molecule has 0 fully saturated rings. The summed E-state index contributed by atoms with van der Waals surface area (Å²) in [6.45, 7) is 2.01. The molecule has 9 nitrogen and oxygen atoms in total. The standard InChI is InChI=1S/C16H18N4O5S2/c1-3-26-8-10-6-14(21)19-16(17-10)27-9-15(22)18-12-7-11(20(23)24)4-5-13(12)25-2/h4-7H,3,8-9H2,1-2H3,(H,18,22)(H,17,19,21). The van der Waals surface area contributed by atoms with Gasteiger partial charge in [-0.1, -0.05) is 18.7 Å². The molecule has 0 saturated carbocycles. The fourth-order valence-corrected chi connectivity index (χ4v) is 3.32. The van der Waals surface area contributed by atoms with Gasteiger partial charge in [0, 0.05) is 24.0 Å².